The highest BCUT2D eigenvalue weighted by Crippen LogP contribution is 2.26. The lowest BCUT2D eigenvalue weighted by atomic mass is 10.3. The lowest BCUT2D eigenvalue weighted by molar-refractivity contribution is -0.115. The highest BCUT2D eigenvalue weighted by Gasteiger charge is 2.24. The van der Waals surface area contributed by atoms with Gasteiger partial charge in [-0.3, -0.25) is 14.6 Å². The zero-order valence-corrected chi connectivity index (χ0v) is 18.7. The molecule has 0 aromatic carbocycles. The van der Waals surface area contributed by atoms with Crippen molar-refractivity contribution in [1.29, 1.82) is 0 Å². The number of primary amides is 1. The SMILES string of the molecule is CC.CC(N)=O.O=C(c1nc(NCc2cncc(F)c2)nc2ccsc12)N1CCCC1. The molecule has 2 amide bonds. The molecule has 0 radical (unpaired) electrons. The van der Waals surface area contributed by atoms with E-state index in [1.807, 2.05) is 30.2 Å². The molecule has 0 aliphatic carbocycles. The van der Waals surface area contributed by atoms with E-state index in [0.717, 1.165) is 42.3 Å². The van der Waals surface area contributed by atoms with E-state index in [0.29, 0.717) is 23.8 Å². The van der Waals surface area contributed by atoms with Gasteiger partial charge in [0.05, 0.1) is 16.4 Å². The molecule has 1 fully saturated rings. The molecule has 4 rings (SSSR count). The number of thiophene rings is 1. The topological polar surface area (TPSA) is 114 Å². The summed E-state index contributed by atoms with van der Waals surface area (Å²) < 4.78 is 14.0. The van der Waals surface area contributed by atoms with E-state index in [9.17, 15) is 14.0 Å². The number of anilines is 1. The summed E-state index contributed by atoms with van der Waals surface area (Å²) in [6, 6.07) is 3.27. The van der Waals surface area contributed by atoms with Gasteiger partial charge in [-0.2, -0.15) is 0 Å². The van der Waals surface area contributed by atoms with E-state index < -0.39 is 5.82 Å². The van der Waals surface area contributed by atoms with Crippen molar-refractivity contribution in [3.05, 3.63) is 47.0 Å². The number of carbonyl (C=O) groups is 2. The molecule has 3 aromatic heterocycles. The Morgan fingerprint density at radius 2 is 1.90 bits per heavy atom. The summed E-state index contributed by atoms with van der Waals surface area (Å²) >= 11 is 1.47. The predicted molar refractivity (Wildman–Crippen MR) is 120 cm³/mol. The van der Waals surface area contributed by atoms with Gasteiger partial charge in [0.15, 0.2) is 5.69 Å². The van der Waals surface area contributed by atoms with Crippen molar-refractivity contribution in [2.45, 2.75) is 40.2 Å². The van der Waals surface area contributed by atoms with Crippen LogP contribution in [-0.4, -0.2) is 44.8 Å². The van der Waals surface area contributed by atoms with Crippen LogP contribution in [0.3, 0.4) is 0 Å². The fourth-order valence-electron chi connectivity index (χ4n) is 2.89. The molecular formula is C21H27FN6O2S. The number of nitrogens with zero attached hydrogens (tertiary/aromatic N) is 4. The van der Waals surface area contributed by atoms with Gasteiger partial charge < -0.3 is 16.0 Å². The molecule has 8 nitrogen and oxygen atoms in total. The van der Waals surface area contributed by atoms with E-state index in [1.165, 1.54) is 24.3 Å². The van der Waals surface area contributed by atoms with Gasteiger partial charge in [-0.1, -0.05) is 13.8 Å². The van der Waals surface area contributed by atoms with Gasteiger partial charge in [-0.15, -0.1) is 11.3 Å². The average molecular weight is 447 g/mol. The third-order valence-corrected chi connectivity index (χ3v) is 5.02. The maximum atomic E-state index is 13.2. The molecule has 0 atom stereocenters. The number of pyridine rings is 1. The second-order valence-corrected chi connectivity index (χ2v) is 7.42. The number of fused-ring (bicyclic) bond motifs is 1. The Morgan fingerprint density at radius 1 is 1.23 bits per heavy atom. The Hall–Kier alpha value is -3.14. The van der Waals surface area contributed by atoms with Crippen molar-refractivity contribution in [1.82, 2.24) is 19.9 Å². The Kier molecular flexibility index (Phi) is 9.26. The molecule has 0 spiro atoms. The number of hydrogen-bond donors (Lipinski definition) is 2. The number of nitrogens with two attached hydrogens (primary N) is 1. The van der Waals surface area contributed by atoms with Crippen molar-refractivity contribution >= 4 is 39.3 Å². The minimum absolute atomic E-state index is 0.0529. The van der Waals surface area contributed by atoms with Gasteiger partial charge in [-0.05, 0) is 35.9 Å². The van der Waals surface area contributed by atoms with Gasteiger partial charge in [0.25, 0.3) is 5.91 Å². The summed E-state index contributed by atoms with van der Waals surface area (Å²) in [5, 5.41) is 4.96. The van der Waals surface area contributed by atoms with E-state index in [1.54, 1.807) is 6.20 Å². The number of nitrogens with one attached hydrogen (secondary N) is 1. The largest absolute Gasteiger partial charge is 0.370 e. The van der Waals surface area contributed by atoms with Crippen LogP contribution in [0.25, 0.3) is 10.2 Å². The van der Waals surface area contributed by atoms with Crippen molar-refractivity contribution in [2.24, 2.45) is 5.73 Å². The zero-order chi connectivity index (χ0) is 22.8. The Balaban J connectivity index is 0.000000513. The fourth-order valence-corrected chi connectivity index (χ4v) is 3.70. The van der Waals surface area contributed by atoms with Gasteiger partial charge in [0.1, 0.15) is 5.82 Å². The molecular weight excluding hydrogens is 419 g/mol. The number of hydrogen-bond acceptors (Lipinski definition) is 7. The summed E-state index contributed by atoms with van der Waals surface area (Å²) in [6.07, 6.45) is 4.80. The third kappa shape index (κ3) is 6.95. The number of likely N-dealkylation sites (tertiary alicyclic amines) is 1. The Morgan fingerprint density at radius 3 is 2.55 bits per heavy atom. The van der Waals surface area contributed by atoms with E-state index in [2.05, 4.69) is 26.0 Å². The monoisotopic (exact) mass is 446 g/mol. The molecule has 0 unspecified atom stereocenters. The van der Waals surface area contributed by atoms with Gasteiger partial charge in [-0.25, -0.2) is 14.4 Å². The normalized spacial score (nSPS) is 12.5. The molecule has 3 aromatic rings. The van der Waals surface area contributed by atoms with Crippen LogP contribution in [0.2, 0.25) is 0 Å². The predicted octanol–water partition coefficient (Wildman–Crippen LogP) is 3.59. The van der Waals surface area contributed by atoms with Crippen LogP contribution >= 0.6 is 11.3 Å². The first-order valence-electron chi connectivity index (χ1n) is 10.1. The lowest BCUT2D eigenvalue weighted by Crippen LogP contribution is -2.28. The first-order valence-corrected chi connectivity index (χ1v) is 11.0. The fraction of sp³-hybridized carbons (Fsp3) is 0.381. The summed E-state index contributed by atoms with van der Waals surface area (Å²) in [5.74, 6) is -0.418. The van der Waals surface area contributed by atoms with Crippen molar-refractivity contribution in [3.63, 3.8) is 0 Å². The van der Waals surface area contributed by atoms with Crippen LogP contribution in [0.15, 0.2) is 29.9 Å². The molecule has 10 heteroatoms. The summed E-state index contributed by atoms with van der Waals surface area (Å²) in [6.45, 7) is 7.18. The minimum Gasteiger partial charge on any atom is -0.370 e. The third-order valence-electron chi connectivity index (χ3n) is 4.11. The highest BCUT2D eigenvalue weighted by atomic mass is 32.1. The number of carbonyl (C=O) groups excluding carboxylic acids is 2. The molecule has 0 bridgehead atoms. The molecule has 3 N–H and O–H groups in total. The second kappa shape index (κ2) is 11.9. The first kappa shape index (κ1) is 24.1. The number of halogens is 1. The zero-order valence-electron chi connectivity index (χ0n) is 17.9. The lowest BCUT2D eigenvalue weighted by Gasteiger charge is -2.15. The molecule has 4 heterocycles. The van der Waals surface area contributed by atoms with Crippen molar-refractivity contribution in [2.75, 3.05) is 18.4 Å². The smallest absolute Gasteiger partial charge is 0.274 e. The van der Waals surface area contributed by atoms with Gasteiger partial charge in [0.2, 0.25) is 11.9 Å². The van der Waals surface area contributed by atoms with Crippen molar-refractivity contribution < 1.29 is 14.0 Å². The molecule has 0 saturated carbocycles. The minimum atomic E-state index is -0.390. The summed E-state index contributed by atoms with van der Waals surface area (Å²) in [5.41, 5.74) is 6.32. The average Bonchev–Trinajstić information content (AvgIpc) is 3.44. The first-order chi connectivity index (χ1) is 14.9. The summed E-state index contributed by atoms with van der Waals surface area (Å²) in [4.78, 5) is 36.5. The van der Waals surface area contributed by atoms with Gasteiger partial charge in [0, 0.05) is 32.8 Å². The van der Waals surface area contributed by atoms with E-state index in [-0.39, 0.29) is 11.8 Å². The maximum absolute atomic E-state index is 13.2. The Labute approximate surface area is 184 Å². The number of aromatic nitrogens is 3. The van der Waals surface area contributed by atoms with Crippen LogP contribution in [0.5, 0.6) is 0 Å². The molecule has 31 heavy (non-hydrogen) atoms. The summed E-state index contributed by atoms with van der Waals surface area (Å²) in [7, 11) is 0. The molecule has 1 aliphatic heterocycles. The maximum Gasteiger partial charge on any atom is 0.274 e. The molecule has 166 valence electrons. The number of amides is 2. The van der Waals surface area contributed by atoms with Crippen LogP contribution in [0.4, 0.5) is 10.3 Å². The van der Waals surface area contributed by atoms with Crippen molar-refractivity contribution in [3.8, 4) is 0 Å². The standard InChI is InChI=1S/C17H16FN5OS.C2H5NO.C2H6/c18-12-7-11(8-19-10-12)9-20-17-21-13-3-6-25-15(13)14(22-17)16(24)23-4-1-2-5-23;1-2(3)4;1-2/h3,6-8,10H,1-2,4-5,9H2,(H,20,21,22);1H3,(H2,3,4);1-2H3. The Bertz CT molecular complexity index is 1020. The molecule has 1 saturated heterocycles. The second-order valence-electron chi connectivity index (χ2n) is 6.51. The quantitative estimate of drug-likeness (QED) is 0.633. The van der Waals surface area contributed by atoms with E-state index in [4.69, 9.17) is 0 Å². The van der Waals surface area contributed by atoms with Crippen LogP contribution in [0, 0.1) is 5.82 Å². The number of rotatable bonds is 4. The molecule has 1 aliphatic rings. The highest BCUT2D eigenvalue weighted by molar-refractivity contribution is 7.17. The van der Waals surface area contributed by atoms with Crippen LogP contribution in [0.1, 0.15) is 49.7 Å². The van der Waals surface area contributed by atoms with Crippen LogP contribution < -0.4 is 11.1 Å². The van der Waals surface area contributed by atoms with Crippen LogP contribution in [-0.2, 0) is 11.3 Å². The van der Waals surface area contributed by atoms with Gasteiger partial charge >= 0.3 is 0 Å². The van der Waals surface area contributed by atoms with E-state index >= 15 is 0 Å².